The Morgan fingerprint density at radius 2 is 2.00 bits per heavy atom. The lowest BCUT2D eigenvalue weighted by Gasteiger charge is -2.22. The molecule has 3 aromatic rings. The molecule has 2 N–H and O–H groups in total. The number of amides is 1. The molecule has 0 bridgehead atoms. The number of aliphatic carboxylic acids is 1. The zero-order chi connectivity index (χ0) is 23.1. The van der Waals surface area contributed by atoms with Crippen molar-refractivity contribution >= 4 is 23.4 Å². The van der Waals surface area contributed by atoms with Gasteiger partial charge in [0.2, 0.25) is 0 Å². The molecule has 1 amide bonds. The van der Waals surface area contributed by atoms with Crippen molar-refractivity contribution in [3.05, 3.63) is 64.4 Å². The van der Waals surface area contributed by atoms with Crippen molar-refractivity contribution in [3.8, 4) is 0 Å². The van der Waals surface area contributed by atoms with Crippen LogP contribution in [0.5, 0.6) is 0 Å². The van der Waals surface area contributed by atoms with Crippen LogP contribution < -0.4 is 5.32 Å². The first kappa shape index (κ1) is 23.3. The van der Waals surface area contributed by atoms with Crippen molar-refractivity contribution in [1.29, 1.82) is 0 Å². The second-order valence-electron chi connectivity index (χ2n) is 6.64. The minimum absolute atomic E-state index is 0.240. The van der Waals surface area contributed by atoms with E-state index in [1.165, 1.54) is 11.1 Å². The molecule has 4 rings (SSSR count). The lowest BCUT2D eigenvalue weighted by atomic mass is 10.1. The van der Waals surface area contributed by atoms with E-state index in [1.54, 1.807) is 5.38 Å². The highest BCUT2D eigenvalue weighted by atomic mass is 32.1. The van der Waals surface area contributed by atoms with Gasteiger partial charge in [-0.3, -0.25) is 9.48 Å². The number of rotatable bonds is 5. The molecule has 1 atom stereocenters. The van der Waals surface area contributed by atoms with Gasteiger partial charge in [0.05, 0.1) is 18.8 Å². The van der Waals surface area contributed by atoms with Crippen molar-refractivity contribution in [2.45, 2.75) is 25.2 Å². The molecule has 0 spiro atoms. The lowest BCUT2D eigenvalue weighted by molar-refractivity contribution is -0.192. The Hall–Kier alpha value is -3.32. The topological polar surface area (TPSA) is 119 Å². The Bertz CT molecular complexity index is 1040. The molecular formula is C19H18F3N5O4S. The Morgan fingerprint density at radius 1 is 1.28 bits per heavy atom. The van der Waals surface area contributed by atoms with Gasteiger partial charge in [0, 0.05) is 18.1 Å². The van der Waals surface area contributed by atoms with Crippen LogP contribution in [-0.4, -0.2) is 55.7 Å². The van der Waals surface area contributed by atoms with Gasteiger partial charge < -0.3 is 15.2 Å². The molecule has 1 aliphatic heterocycles. The van der Waals surface area contributed by atoms with Crippen LogP contribution in [-0.2, 0) is 22.5 Å². The standard InChI is InChI=1S/C17H17N5O2S.C2HF3O2/c23-17(14-11-25-21-19-14)18-8-15-16-13(6-7-24-15)10-22(20-16)9-12-4-2-1-3-5-12;3-2(4,5)1(6)7/h1-5,10-11,15H,6-9H2,(H,18,23);(H,6,7). The van der Waals surface area contributed by atoms with Crippen LogP contribution in [0.25, 0.3) is 0 Å². The Morgan fingerprint density at radius 3 is 2.62 bits per heavy atom. The third-order valence-corrected chi connectivity index (χ3v) is 4.84. The number of nitrogens with one attached hydrogen (secondary N) is 1. The fourth-order valence-electron chi connectivity index (χ4n) is 2.88. The van der Waals surface area contributed by atoms with E-state index < -0.39 is 12.1 Å². The quantitative estimate of drug-likeness (QED) is 0.589. The maximum Gasteiger partial charge on any atom is 0.490 e. The summed E-state index contributed by atoms with van der Waals surface area (Å²) in [6, 6.07) is 10.2. The molecule has 1 aliphatic rings. The summed E-state index contributed by atoms with van der Waals surface area (Å²) < 4.78 is 43.2. The van der Waals surface area contributed by atoms with Crippen LogP contribution >= 0.6 is 11.5 Å². The van der Waals surface area contributed by atoms with Gasteiger partial charge in [0.25, 0.3) is 5.91 Å². The maximum absolute atomic E-state index is 12.0. The van der Waals surface area contributed by atoms with E-state index in [0.29, 0.717) is 18.8 Å². The molecule has 1 aromatic carbocycles. The third-order valence-electron chi connectivity index (χ3n) is 4.34. The molecule has 32 heavy (non-hydrogen) atoms. The van der Waals surface area contributed by atoms with Crippen LogP contribution in [0.15, 0.2) is 41.9 Å². The molecule has 0 saturated carbocycles. The van der Waals surface area contributed by atoms with Gasteiger partial charge in [-0.05, 0) is 29.1 Å². The van der Waals surface area contributed by atoms with Crippen molar-refractivity contribution < 1.29 is 32.6 Å². The summed E-state index contributed by atoms with van der Waals surface area (Å²) in [5.74, 6) is -3.00. The third kappa shape index (κ3) is 6.34. The number of carbonyl (C=O) groups is 2. The summed E-state index contributed by atoms with van der Waals surface area (Å²) in [5.41, 5.74) is 3.61. The number of aromatic nitrogens is 4. The number of ether oxygens (including phenoxy) is 1. The van der Waals surface area contributed by atoms with E-state index in [-0.39, 0.29) is 12.0 Å². The highest BCUT2D eigenvalue weighted by Crippen LogP contribution is 2.25. The van der Waals surface area contributed by atoms with Crippen molar-refractivity contribution in [3.63, 3.8) is 0 Å². The number of alkyl halides is 3. The molecule has 2 aromatic heterocycles. The molecule has 3 heterocycles. The first-order chi connectivity index (χ1) is 15.2. The van der Waals surface area contributed by atoms with E-state index in [1.807, 2.05) is 22.9 Å². The van der Waals surface area contributed by atoms with Gasteiger partial charge in [0.15, 0.2) is 5.69 Å². The second-order valence-corrected chi connectivity index (χ2v) is 7.25. The summed E-state index contributed by atoms with van der Waals surface area (Å²) in [6.07, 6.45) is -2.41. The minimum atomic E-state index is -5.08. The largest absolute Gasteiger partial charge is 0.490 e. The molecule has 0 saturated heterocycles. The Balaban J connectivity index is 0.000000360. The number of benzene rings is 1. The first-order valence-corrected chi connectivity index (χ1v) is 10.1. The van der Waals surface area contributed by atoms with Crippen molar-refractivity contribution in [2.24, 2.45) is 0 Å². The number of hydrogen-bond acceptors (Lipinski definition) is 7. The summed E-state index contributed by atoms with van der Waals surface area (Å²) in [4.78, 5) is 20.9. The normalized spacial score (nSPS) is 15.3. The van der Waals surface area contributed by atoms with Gasteiger partial charge >= 0.3 is 12.1 Å². The van der Waals surface area contributed by atoms with Crippen molar-refractivity contribution in [2.75, 3.05) is 13.2 Å². The molecule has 0 radical (unpaired) electrons. The zero-order valence-electron chi connectivity index (χ0n) is 16.5. The van der Waals surface area contributed by atoms with Gasteiger partial charge in [-0.15, -0.1) is 5.10 Å². The van der Waals surface area contributed by atoms with Gasteiger partial charge in [-0.2, -0.15) is 18.3 Å². The monoisotopic (exact) mass is 469 g/mol. The van der Waals surface area contributed by atoms with Crippen LogP contribution in [0.4, 0.5) is 13.2 Å². The lowest BCUT2D eigenvalue weighted by Crippen LogP contribution is -2.32. The average molecular weight is 469 g/mol. The Kier molecular flexibility index (Phi) is 7.53. The molecule has 0 aliphatic carbocycles. The maximum atomic E-state index is 12.0. The molecule has 13 heteroatoms. The summed E-state index contributed by atoms with van der Waals surface area (Å²) in [5, 5.41) is 20.0. The minimum Gasteiger partial charge on any atom is -0.475 e. The number of nitrogens with zero attached hydrogens (tertiary/aromatic N) is 4. The number of fused-ring (bicyclic) bond motifs is 1. The number of carboxylic acids is 1. The summed E-state index contributed by atoms with van der Waals surface area (Å²) in [6.45, 7) is 1.71. The van der Waals surface area contributed by atoms with Gasteiger partial charge in [-0.25, -0.2) is 4.79 Å². The number of halogens is 3. The van der Waals surface area contributed by atoms with Gasteiger partial charge in [0.1, 0.15) is 6.10 Å². The van der Waals surface area contributed by atoms with Crippen LogP contribution in [0.1, 0.15) is 33.4 Å². The Labute approximate surface area is 184 Å². The number of carboxylic acid groups (broad SMARTS) is 1. The molecular weight excluding hydrogens is 451 g/mol. The fraction of sp³-hybridized carbons (Fsp3) is 0.316. The summed E-state index contributed by atoms with van der Waals surface area (Å²) in [7, 11) is 0. The second kappa shape index (κ2) is 10.3. The predicted octanol–water partition coefficient (Wildman–Crippen LogP) is 2.46. The zero-order valence-corrected chi connectivity index (χ0v) is 17.3. The fourth-order valence-corrected chi connectivity index (χ4v) is 3.31. The number of carbonyl (C=O) groups excluding carboxylic acids is 1. The van der Waals surface area contributed by atoms with Crippen LogP contribution in [0.3, 0.4) is 0 Å². The van der Waals surface area contributed by atoms with Crippen molar-refractivity contribution in [1.82, 2.24) is 24.7 Å². The summed E-state index contributed by atoms with van der Waals surface area (Å²) >= 11 is 1.15. The first-order valence-electron chi connectivity index (χ1n) is 9.31. The molecule has 0 fully saturated rings. The van der Waals surface area contributed by atoms with Crippen LogP contribution in [0.2, 0.25) is 0 Å². The van der Waals surface area contributed by atoms with E-state index >= 15 is 0 Å². The van der Waals surface area contributed by atoms with Gasteiger partial charge in [-0.1, -0.05) is 34.8 Å². The van der Waals surface area contributed by atoms with E-state index in [9.17, 15) is 18.0 Å². The smallest absolute Gasteiger partial charge is 0.475 e. The SMILES string of the molecule is O=C(NCC1OCCc2cn(Cc3ccccc3)nc21)c1csnn1.O=C(O)C(F)(F)F. The van der Waals surface area contributed by atoms with E-state index in [4.69, 9.17) is 14.6 Å². The highest BCUT2D eigenvalue weighted by molar-refractivity contribution is 7.03. The molecule has 9 nitrogen and oxygen atoms in total. The average Bonchev–Trinajstić information content (AvgIpc) is 3.42. The van der Waals surface area contributed by atoms with E-state index in [0.717, 1.165) is 30.2 Å². The molecule has 170 valence electrons. The van der Waals surface area contributed by atoms with E-state index in [2.05, 4.69) is 38.3 Å². The highest BCUT2D eigenvalue weighted by Gasteiger charge is 2.38. The molecule has 1 unspecified atom stereocenters. The predicted molar refractivity (Wildman–Crippen MR) is 106 cm³/mol. The van der Waals surface area contributed by atoms with Crippen LogP contribution in [0, 0.1) is 0 Å². The number of hydrogen-bond donors (Lipinski definition) is 2.